The lowest BCUT2D eigenvalue weighted by atomic mass is 9.87. The molecule has 1 aromatic carbocycles. The van der Waals surface area contributed by atoms with E-state index in [2.05, 4.69) is 27.6 Å². The van der Waals surface area contributed by atoms with Crippen LogP contribution in [0.15, 0.2) is 36.5 Å². The van der Waals surface area contributed by atoms with E-state index < -0.39 is 0 Å². The average molecular weight is 269 g/mol. The molecule has 0 saturated carbocycles. The number of hydrogen-bond acceptors (Lipinski definition) is 4. The number of ether oxygens (including phenoxy) is 1. The monoisotopic (exact) mass is 269 g/mol. The van der Waals surface area contributed by atoms with E-state index in [0.29, 0.717) is 6.04 Å². The second-order valence-corrected chi connectivity index (χ2v) is 5.11. The lowest BCUT2D eigenvalue weighted by molar-refractivity contribution is 0.408. The van der Waals surface area contributed by atoms with Crippen LogP contribution in [0.1, 0.15) is 35.7 Å². The van der Waals surface area contributed by atoms with Crippen LogP contribution in [0.5, 0.6) is 5.75 Å². The third-order valence-corrected chi connectivity index (χ3v) is 3.82. The highest BCUT2D eigenvalue weighted by atomic mass is 16.5. The maximum Gasteiger partial charge on any atom is 0.119 e. The number of rotatable bonds is 4. The molecule has 4 heteroatoms. The zero-order chi connectivity index (χ0) is 13.8. The van der Waals surface area contributed by atoms with Crippen molar-refractivity contribution in [1.29, 1.82) is 0 Å². The summed E-state index contributed by atoms with van der Waals surface area (Å²) in [6, 6.07) is 10.7. The Labute approximate surface area is 119 Å². The van der Waals surface area contributed by atoms with Crippen molar-refractivity contribution in [2.45, 2.75) is 31.8 Å². The van der Waals surface area contributed by atoms with Crippen LogP contribution in [-0.2, 0) is 13.0 Å². The van der Waals surface area contributed by atoms with Gasteiger partial charge in [-0.3, -0.25) is 0 Å². The molecule has 0 aliphatic heterocycles. The van der Waals surface area contributed by atoms with Gasteiger partial charge in [-0.1, -0.05) is 6.07 Å². The molecular weight excluding hydrogens is 250 g/mol. The fourth-order valence-corrected chi connectivity index (χ4v) is 2.77. The van der Waals surface area contributed by atoms with Gasteiger partial charge in [0.25, 0.3) is 0 Å². The Hall–Kier alpha value is -1.94. The minimum atomic E-state index is 0.371. The number of hydrogen-bond donors (Lipinski definition) is 1. The molecule has 2 aromatic rings. The highest BCUT2D eigenvalue weighted by Crippen LogP contribution is 2.32. The van der Waals surface area contributed by atoms with E-state index in [-0.39, 0.29) is 0 Å². The van der Waals surface area contributed by atoms with Crippen molar-refractivity contribution in [3.8, 4) is 5.75 Å². The second kappa shape index (κ2) is 6.01. The van der Waals surface area contributed by atoms with Gasteiger partial charge in [-0.05, 0) is 54.7 Å². The summed E-state index contributed by atoms with van der Waals surface area (Å²) in [4.78, 5) is 0. The Morgan fingerprint density at radius 2 is 2.30 bits per heavy atom. The summed E-state index contributed by atoms with van der Waals surface area (Å²) in [5.74, 6) is 0.928. The number of nitrogens with zero attached hydrogens (tertiary/aromatic N) is 2. The molecule has 1 atom stereocenters. The molecule has 1 aromatic heterocycles. The van der Waals surface area contributed by atoms with Gasteiger partial charge >= 0.3 is 0 Å². The zero-order valence-electron chi connectivity index (χ0n) is 11.7. The Kier molecular flexibility index (Phi) is 3.92. The van der Waals surface area contributed by atoms with E-state index in [1.54, 1.807) is 13.3 Å². The first-order valence-electron chi connectivity index (χ1n) is 7.03. The molecule has 0 fully saturated rings. The standard InChI is InChI=1S/C16H19N3O/c1-20-14-8-7-12-4-2-6-16(15(12)10-14)17-11-13-5-3-9-18-19-13/h3,5,7-10,16-17H,2,4,6,11H2,1H3. The molecule has 3 rings (SSSR count). The summed E-state index contributed by atoms with van der Waals surface area (Å²) < 4.78 is 5.34. The van der Waals surface area contributed by atoms with Crippen LogP contribution in [0.2, 0.25) is 0 Å². The number of aryl methyl sites for hydroxylation is 1. The van der Waals surface area contributed by atoms with Gasteiger partial charge in [-0.15, -0.1) is 0 Å². The number of aromatic nitrogens is 2. The summed E-state index contributed by atoms with van der Waals surface area (Å²) in [7, 11) is 1.71. The van der Waals surface area contributed by atoms with Gasteiger partial charge in [0.05, 0.1) is 12.8 Å². The van der Waals surface area contributed by atoms with Crippen LogP contribution in [0.3, 0.4) is 0 Å². The number of benzene rings is 1. The van der Waals surface area contributed by atoms with Crippen molar-refractivity contribution in [2.75, 3.05) is 7.11 Å². The number of nitrogens with one attached hydrogen (secondary N) is 1. The van der Waals surface area contributed by atoms with Gasteiger partial charge < -0.3 is 10.1 Å². The minimum Gasteiger partial charge on any atom is -0.497 e. The van der Waals surface area contributed by atoms with Crippen LogP contribution < -0.4 is 10.1 Å². The van der Waals surface area contributed by atoms with Crippen LogP contribution in [0.4, 0.5) is 0 Å². The van der Waals surface area contributed by atoms with Crippen LogP contribution in [-0.4, -0.2) is 17.3 Å². The first-order chi connectivity index (χ1) is 9.86. The highest BCUT2D eigenvalue weighted by molar-refractivity contribution is 5.39. The largest absolute Gasteiger partial charge is 0.497 e. The van der Waals surface area contributed by atoms with Gasteiger partial charge in [-0.2, -0.15) is 10.2 Å². The van der Waals surface area contributed by atoms with Crippen molar-refractivity contribution in [3.63, 3.8) is 0 Å². The Balaban J connectivity index is 1.75. The summed E-state index contributed by atoms with van der Waals surface area (Å²) in [5, 5.41) is 11.6. The summed E-state index contributed by atoms with van der Waals surface area (Å²) in [5.41, 5.74) is 3.76. The fraction of sp³-hybridized carbons (Fsp3) is 0.375. The molecule has 0 saturated heterocycles. The van der Waals surface area contributed by atoms with E-state index >= 15 is 0 Å². The van der Waals surface area contributed by atoms with Crippen molar-refractivity contribution in [1.82, 2.24) is 15.5 Å². The van der Waals surface area contributed by atoms with Crippen molar-refractivity contribution < 1.29 is 4.74 Å². The zero-order valence-corrected chi connectivity index (χ0v) is 11.7. The highest BCUT2D eigenvalue weighted by Gasteiger charge is 2.20. The third-order valence-electron chi connectivity index (χ3n) is 3.82. The first kappa shape index (κ1) is 13.1. The molecular formula is C16H19N3O. The molecule has 1 unspecified atom stereocenters. The maximum absolute atomic E-state index is 5.34. The minimum absolute atomic E-state index is 0.371. The van der Waals surface area contributed by atoms with Crippen LogP contribution in [0, 0.1) is 0 Å². The van der Waals surface area contributed by atoms with E-state index in [1.165, 1.54) is 17.5 Å². The van der Waals surface area contributed by atoms with Gasteiger partial charge in [-0.25, -0.2) is 0 Å². The topological polar surface area (TPSA) is 47.0 Å². The van der Waals surface area contributed by atoms with E-state index in [1.807, 2.05) is 18.2 Å². The van der Waals surface area contributed by atoms with Gasteiger partial charge in [0, 0.05) is 18.8 Å². The lowest BCUT2D eigenvalue weighted by Crippen LogP contribution is -2.25. The van der Waals surface area contributed by atoms with Gasteiger partial charge in [0.2, 0.25) is 0 Å². The molecule has 1 aliphatic carbocycles. The Morgan fingerprint density at radius 1 is 1.35 bits per heavy atom. The third kappa shape index (κ3) is 2.80. The molecule has 0 spiro atoms. The number of fused-ring (bicyclic) bond motifs is 1. The quantitative estimate of drug-likeness (QED) is 0.927. The summed E-state index contributed by atoms with van der Waals surface area (Å²) >= 11 is 0. The van der Waals surface area contributed by atoms with E-state index in [9.17, 15) is 0 Å². The van der Waals surface area contributed by atoms with E-state index in [0.717, 1.165) is 30.8 Å². The van der Waals surface area contributed by atoms with Crippen molar-refractivity contribution in [3.05, 3.63) is 53.3 Å². The predicted molar refractivity (Wildman–Crippen MR) is 77.5 cm³/mol. The SMILES string of the molecule is COc1ccc2c(c1)C(NCc1cccnn1)CCC2. The fourth-order valence-electron chi connectivity index (χ4n) is 2.77. The smallest absolute Gasteiger partial charge is 0.119 e. The first-order valence-corrected chi connectivity index (χ1v) is 7.03. The van der Waals surface area contributed by atoms with Gasteiger partial charge in [0.15, 0.2) is 0 Å². The summed E-state index contributed by atoms with van der Waals surface area (Å²) in [6.07, 6.45) is 5.23. The average Bonchev–Trinajstić information content (AvgIpc) is 2.53. The molecule has 1 aliphatic rings. The molecule has 0 amide bonds. The second-order valence-electron chi connectivity index (χ2n) is 5.11. The Morgan fingerprint density at radius 3 is 3.10 bits per heavy atom. The molecule has 0 radical (unpaired) electrons. The van der Waals surface area contributed by atoms with Crippen molar-refractivity contribution >= 4 is 0 Å². The van der Waals surface area contributed by atoms with Crippen LogP contribution in [0.25, 0.3) is 0 Å². The molecule has 0 bridgehead atoms. The molecule has 1 heterocycles. The molecule has 20 heavy (non-hydrogen) atoms. The normalized spacial score (nSPS) is 17.6. The summed E-state index contributed by atoms with van der Waals surface area (Å²) in [6.45, 7) is 0.745. The van der Waals surface area contributed by atoms with Crippen LogP contribution >= 0.6 is 0 Å². The van der Waals surface area contributed by atoms with Gasteiger partial charge in [0.1, 0.15) is 5.75 Å². The number of methoxy groups -OCH3 is 1. The predicted octanol–water partition coefficient (Wildman–Crippen LogP) is 2.65. The molecule has 4 nitrogen and oxygen atoms in total. The van der Waals surface area contributed by atoms with Crippen molar-refractivity contribution in [2.24, 2.45) is 0 Å². The maximum atomic E-state index is 5.34. The Bertz CT molecular complexity index is 571. The molecule has 104 valence electrons. The molecule has 1 N–H and O–H groups in total. The van der Waals surface area contributed by atoms with E-state index in [4.69, 9.17) is 4.74 Å². The lowest BCUT2D eigenvalue weighted by Gasteiger charge is -2.26.